The van der Waals surface area contributed by atoms with Crippen LogP contribution in [0.2, 0.25) is 0 Å². The molecule has 1 heterocycles. The largest absolute Gasteiger partial charge is 0.479 e. The van der Waals surface area contributed by atoms with Crippen LogP contribution in [0.1, 0.15) is 36.3 Å². The van der Waals surface area contributed by atoms with Crippen molar-refractivity contribution in [2.45, 2.75) is 30.8 Å². The van der Waals surface area contributed by atoms with Gasteiger partial charge in [0.05, 0.1) is 19.0 Å². The molecule has 5 rings (SSSR count). The zero-order valence-corrected chi connectivity index (χ0v) is 18.8. The second kappa shape index (κ2) is 8.76. The molecule has 8 nitrogen and oxygen atoms in total. The lowest BCUT2D eigenvalue weighted by molar-refractivity contribution is -0.184. The van der Waals surface area contributed by atoms with E-state index in [1.807, 2.05) is 24.3 Å². The van der Waals surface area contributed by atoms with Gasteiger partial charge in [-0.1, -0.05) is 55.0 Å². The number of nitrogens with zero attached hydrogens (tertiary/aromatic N) is 1. The van der Waals surface area contributed by atoms with Crippen LogP contribution in [-0.2, 0) is 14.3 Å². The van der Waals surface area contributed by atoms with Crippen LogP contribution in [0.5, 0.6) is 0 Å². The van der Waals surface area contributed by atoms with Crippen LogP contribution in [0.25, 0.3) is 11.1 Å². The van der Waals surface area contributed by atoms with Crippen LogP contribution in [0.4, 0.5) is 4.79 Å². The van der Waals surface area contributed by atoms with Crippen molar-refractivity contribution < 1.29 is 29.3 Å². The fraction of sp³-hybridized carbons (Fsp3) is 0.423. The van der Waals surface area contributed by atoms with Gasteiger partial charge in [-0.2, -0.15) is 0 Å². The lowest BCUT2D eigenvalue weighted by Crippen LogP contribution is -2.69. The highest BCUT2D eigenvalue weighted by atomic mass is 16.5. The first-order chi connectivity index (χ1) is 16.4. The Morgan fingerprint density at radius 3 is 2.15 bits per heavy atom. The third-order valence-corrected chi connectivity index (χ3v) is 7.46. The lowest BCUT2D eigenvalue weighted by atomic mass is 9.74. The molecule has 0 radical (unpaired) electrons. The van der Waals surface area contributed by atoms with E-state index in [-0.39, 0.29) is 44.0 Å². The van der Waals surface area contributed by atoms with Crippen molar-refractivity contribution in [3.63, 3.8) is 0 Å². The van der Waals surface area contributed by atoms with Gasteiger partial charge in [-0.15, -0.1) is 0 Å². The smallest absolute Gasteiger partial charge is 0.407 e. The zero-order valence-electron chi connectivity index (χ0n) is 18.8. The van der Waals surface area contributed by atoms with E-state index in [0.717, 1.165) is 41.5 Å². The minimum absolute atomic E-state index is 0.0444. The van der Waals surface area contributed by atoms with E-state index < -0.39 is 23.6 Å². The van der Waals surface area contributed by atoms with Crippen molar-refractivity contribution in [2.24, 2.45) is 11.8 Å². The van der Waals surface area contributed by atoms with Gasteiger partial charge in [-0.3, -0.25) is 4.79 Å². The summed E-state index contributed by atoms with van der Waals surface area (Å²) in [5.41, 5.74) is 2.68. The molecule has 1 saturated carbocycles. The Bertz CT molecular complexity index is 1080. The highest BCUT2D eigenvalue weighted by Gasteiger charge is 2.52. The number of fused-ring (bicyclic) bond motifs is 3. The molecule has 0 bridgehead atoms. The molecular formula is C26H28N2O6. The van der Waals surface area contributed by atoms with Crippen LogP contribution >= 0.6 is 0 Å². The third-order valence-electron chi connectivity index (χ3n) is 7.46. The van der Waals surface area contributed by atoms with Crippen molar-refractivity contribution in [1.82, 2.24) is 10.2 Å². The summed E-state index contributed by atoms with van der Waals surface area (Å²) < 4.78 is 5.57. The normalized spacial score (nSPS) is 19.3. The number of alkyl carbamates (subject to hydrolysis) is 1. The Kier molecular flexibility index (Phi) is 5.77. The minimum atomic E-state index is -1.87. The third kappa shape index (κ3) is 3.92. The summed E-state index contributed by atoms with van der Waals surface area (Å²) in [7, 11) is 0. The SMILES string of the molecule is O=C(NCC(C(=O)N1CC(O)(C(=O)O)C1)C1CCC1)OCC1c2ccccc2-c2ccccc21. The maximum absolute atomic E-state index is 13.0. The van der Waals surface area contributed by atoms with Gasteiger partial charge in [0, 0.05) is 12.5 Å². The Hall–Kier alpha value is -3.39. The molecule has 1 atom stereocenters. The molecule has 0 spiro atoms. The number of likely N-dealkylation sites (tertiary alicyclic amines) is 1. The van der Waals surface area contributed by atoms with Crippen molar-refractivity contribution in [1.29, 1.82) is 0 Å². The number of carbonyl (C=O) groups is 3. The van der Waals surface area contributed by atoms with Crippen molar-refractivity contribution >= 4 is 18.0 Å². The van der Waals surface area contributed by atoms with E-state index in [1.165, 1.54) is 4.90 Å². The van der Waals surface area contributed by atoms with Crippen LogP contribution in [-0.4, -0.2) is 64.9 Å². The van der Waals surface area contributed by atoms with Crippen LogP contribution < -0.4 is 5.32 Å². The molecule has 2 fully saturated rings. The maximum Gasteiger partial charge on any atom is 0.407 e. The number of aliphatic carboxylic acids is 1. The van der Waals surface area contributed by atoms with E-state index in [9.17, 15) is 19.5 Å². The second-order valence-electron chi connectivity index (χ2n) is 9.53. The fourth-order valence-corrected chi connectivity index (χ4v) is 5.25. The number of rotatable bonds is 7. The molecule has 2 aliphatic carbocycles. The number of nitrogens with one attached hydrogen (secondary N) is 1. The fourth-order valence-electron chi connectivity index (χ4n) is 5.25. The zero-order chi connectivity index (χ0) is 23.9. The van der Waals surface area contributed by atoms with Crippen molar-refractivity contribution in [2.75, 3.05) is 26.2 Å². The van der Waals surface area contributed by atoms with Gasteiger partial charge in [0.2, 0.25) is 5.91 Å². The molecule has 2 amide bonds. The highest BCUT2D eigenvalue weighted by molar-refractivity contribution is 5.87. The van der Waals surface area contributed by atoms with Gasteiger partial charge >= 0.3 is 12.1 Å². The number of carboxylic acid groups (broad SMARTS) is 1. The molecule has 8 heteroatoms. The van der Waals surface area contributed by atoms with E-state index in [4.69, 9.17) is 9.84 Å². The van der Waals surface area contributed by atoms with Gasteiger partial charge in [-0.05, 0) is 41.0 Å². The number of ether oxygens (including phenoxy) is 1. The average molecular weight is 465 g/mol. The molecule has 0 aromatic heterocycles. The molecule has 2 aromatic carbocycles. The lowest BCUT2D eigenvalue weighted by Gasteiger charge is -2.46. The number of benzene rings is 2. The molecule has 1 saturated heterocycles. The van der Waals surface area contributed by atoms with E-state index >= 15 is 0 Å². The Morgan fingerprint density at radius 2 is 1.62 bits per heavy atom. The highest BCUT2D eigenvalue weighted by Crippen LogP contribution is 2.44. The van der Waals surface area contributed by atoms with Gasteiger partial charge in [0.1, 0.15) is 6.61 Å². The molecule has 1 aliphatic heterocycles. The summed E-state index contributed by atoms with van der Waals surface area (Å²) in [6, 6.07) is 16.2. The summed E-state index contributed by atoms with van der Waals surface area (Å²) >= 11 is 0. The minimum Gasteiger partial charge on any atom is -0.479 e. The number of β-amino-alcohol motifs (C(OH)–C–C–N with tert-alkyl or cyclic N) is 1. The summed E-state index contributed by atoms with van der Waals surface area (Å²) in [4.78, 5) is 38.0. The Balaban J connectivity index is 1.18. The summed E-state index contributed by atoms with van der Waals surface area (Å²) in [5, 5.41) is 21.8. The first-order valence-corrected chi connectivity index (χ1v) is 11.7. The quantitative estimate of drug-likeness (QED) is 0.580. The van der Waals surface area contributed by atoms with E-state index in [0.29, 0.717) is 0 Å². The van der Waals surface area contributed by atoms with Crippen LogP contribution in [0.15, 0.2) is 48.5 Å². The molecule has 3 aliphatic rings. The number of carboxylic acids is 1. The summed E-state index contributed by atoms with van der Waals surface area (Å²) in [6.07, 6.45) is 2.22. The predicted molar refractivity (Wildman–Crippen MR) is 123 cm³/mol. The first-order valence-electron chi connectivity index (χ1n) is 11.7. The first kappa shape index (κ1) is 22.4. The summed E-state index contributed by atoms with van der Waals surface area (Å²) in [6.45, 7) is -0.132. The number of hydrogen-bond donors (Lipinski definition) is 3. The number of aliphatic hydroxyl groups is 1. The standard InChI is InChI=1S/C26H28N2O6/c29-23(28-14-26(33,15-28)24(30)31)21(16-6-5-7-16)12-27-25(32)34-13-22-19-10-3-1-8-17(19)18-9-2-4-11-20(18)22/h1-4,8-11,16,21-22,33H,5-7,12-15H2,(H,27,32)(H,30,31). The van der Waals surface area contributed by atoms with Crippen molar-refractivity contribution in [3.8, 4) is 11.1 Å². The molecule has 1 unspecified atom stereocenters. The Morgan fingerprint density at radius 1 is 1.03 bits per heavy atom. The monoisotopic (exact) mass is 464 g/mol. The topological polar surface area (TPSA) is 116 Å². The van der Waals surface area contributed by atoms with Crippen LogP contribution in [0.3, 0.4) is 0 Å². The summed E-state index contributed by atoms with van der Waals surface area (Å²) in [5.74, 6) is -1.91. The Labute approximate surface area is 197 Å². The maximum atomic E-state index is 13.0. The van der Waals surface area contributed by atoms with Crippen LogP contribution in [0, 0.1) is 11.8 Å². The van der Waals surface area contributed by atoms with Crippen molar-refractivity contribution in [3.05, 3.63) is 59.7 Å². The predicted octanol–water partition coefficient (Wildman–Crippen LogP) is 2.60. The van der Waals surface area contributed by atoms with Gasteiger partial charge in [-0.25, -0.2) is 9.59 Å². The average Bonchev–Trinajstić information content (AvgIpc) is 3.10. The molecule has 2 aromatic rings. The van der Waals surface area contributed by atoms with Gasteiger partial charge < -0.3 is 25.2 Å². The molecule has 34 heavy (non-hydrogen) atoms. The van der Waals surface area contributed by atoms with Gasteiger partial charge in [0.25, 0.3) is 0 Å². The second-order valence-corrected chi connectivity index (χ2v) is 9.53. The van der Waals surface area contributed by atoms with Gasteiger partial charge in [0.15, 0.2) is 5.60 Å². The van der Waals surface area contributed by atoms with E-state index in [1.54, 1.807) is 0 Å². The number of amides is 2. The molecule has 3 N–H and O–H groups in total. The number of hydrogen-bond acceptors (Lipinski definition) is 5. The van der Waals surface area contributed by atoms with E-state index in [2.05, 4.69) is 29.6 Å². The molecular weight excluding hydrogens is 436 g/mol. The number of carbonyl (C=O) groups excluding carboxylic acids is 2. The molecule has 178 valence electrons.